The fourth-order valence-corrected chi connectivity index (χ4v) is 3.42. The maximum absolute atomic E-state index is 14.4. The van der Waals surface area contributed by atoms with E-state index in [4.69, 9.17) is 4.74 Å². The van der Waals surface area contributed by atoms with Crippen molar-refractivity contribution in [3.05, 3.63) is 0 Å². The molecule has 1 saturated carbocycles. The van der Waals surface area contributed by atoms with Gasteiger partial charge >= 0.3 is 41.8 Å². The average molecular weight is 552 g/mol. The molecule has 0 amide bonds. The summed E-state index contributed by atoms with van der Waals surface area (Å²) in [4.78, 5) is 24.4. The summed E-state index contributed by atoms with van der Waals surface area (Å²) in [6.45, 7) is 2.81. The monoisotopic (exact) mass is 552 g/mol. The standard InChI is InChI=1S/C21H27F11O4/c1-4-16(2,3)15(34)35-11-13(36-14(33)12-8-6-5-7-9-12)10-17(22,23)19(25,26)18(24,20(27,28)29)21(30,31)32/h12-13H,4-11H2,1-3H3. The highest BCUT2D eigenvalue weighted by atomic mass is 19.4. The minimum absolute atomic E-state index is 0.133. The van der Waals surface area contributed by atoms with Gasteiger partial charge in [-0.1, -0.05) is 26.2 Å². The van der Waals surface area contributed by atoms with Crippen LogP contribution in [0.25, 0.3) is 0 Å². The van der Waals surface area contributed by atoms with Crippen molar-refractivity contribution in [2.75, 3.05) is 6.61 Å². The molecule has 0 aliphatic heterocycles. The molecule has 1 aliphatic carbocycles. The Bertz CT molecular complexity index is 755. The highest BCUT2D eigenvalue weighted by molar-refractivity contribution is 5.76. The van der Waals surface area contributed by atoms with Crippen molar-refractivity contribution >= 4 is 11.9 Å². The van der Waals surface area contributed by atoms with Crippen LogP contribution in [0.1, 0.15) is 65.7 Å². The van der Waals surface area contributed by atoms with Crippen molar-refractivity contribution in [3.63, 3.8) is 0 Å². The van der Waals surface area contributed by atoms with Crippen molar-refractivity contribution in [2.24, 2.45) is 11.3 Å². The third-order valence-corrected chi connectivity index (χ3v) is 6.22. The zero-order chi connectivity index (χ0) is 28.4. The molecule has 0 aromatic heterocycles. The van der Waals surface area contributed by atoms with Crippen LogP contribution in [0.3, 0.4) is 0 Å². The van der Waals surface area contributed by atoms with Crippen LogP contribution in [-0.2, 0) is 19.1 Å². The molecule has 0 radical (unpaired) electrons. The number of halogens is 11. The Labute approximate surface area is 199 Å². The van der Waals surface area contributed by atoms with Gasteiger partial charge in [0.25, 0.3) is 0 Å². The molecule has 1 rings (SSSR count). The number of carbonyl (C=O) groups is 2. The van der Waals surface area contributed by atoms with Gasteiger partial charge < -0.3 is 9.47 Å². The van der Waals surface area contributed by atoms with E-state index in [9.17, 15) is 57.9 Å². The molecule has 0 bridgehead atoms. The van der Waals surface area contributed by atoms with Crippen LogP contribution >= 0.6 is 0 Å². The zero-order valence-electron chi connectivity index (χ0n) is 19.6. The Morgan fingerprint density at radius 3 is 1.72 bits per heavy atom. The Hall–Kier alpha value is -1.83. The Morgan fingerprint density at radius 2 is 1.31 bits per heavy atom. The minimum Gasteiger partial charge on any atom is -0.461 e. The second kappa shape index (κ2) is 10.9. The van der Waals surface area contributed by atoms with Gasteiger partial charge in [0.15, 0.2) is 0 Å². The van der Waals surface area contributed by atoms with Gasteiger partial charge in [0.05, 0.1) is 17.8 Å². The molecular weight excluding hydrogens is 525 g/mol. The number of esters is 2. The van der Waals surface area contributed by atoms with E-state index >= 15 is 0 Å². The van der Waals surface area contributed by atoms with Crippen LogP contribution in [0.4, 0.5) is 48.3 Å². The quantitative estimate of drug-likeness (QED) is 0.218. The smallest absolute Gasteiger partial charge is 0.438 e. The Morgan fingerprint density at radius 1 is 0.833 bits per heavy atom. The maximum atomic E-state index is 14.4. The van der Waals surface area contributed by atoms with Crippen LogP contribution in [0, 0.1) is 11.3 Å². The Kier molecular flexibility index (Phi) is 9.73. The number of ether oxygens (including phenoxy) is 2. The fraction of sp³-hybridized carbons (Fsp3) is 0.905. The highest BCUT2D eigenvalue weighted by Crippen LogP contribution is 2.60. The Balaban J connectivity index is 3.31. The van der Waals surface area contributed by atoms with Crippen molar-refractivity contribution in [2.45, 2.75) is 102 Å². The number of alkyl halides is 11. The summed E-state index contributed by atoms with van der Waals surface area (Å²) >= 11 is 0. The third-order valence-electron chi connectivity index (χ3n) is 6.22. The first kappa shape index (κ1) is 32.2. The second-order valence-corrected chi connectivity index (χ2v) is 9.37. The molecule has 0 aromatic rings. The highest BCUT2D eigenvalue weighted by Gasteiger charge is 2.90. The van der Waals surface area contributed by atoms with Gasteiger partial charge in [0, 0.05) is 0 Å². The molecule has 1 fully saturated rings. The molecule has 1 atom stereocenters. The van der Waals surface area contributed by atoms with E-state index in [-0.39, 0.29) is 19.3 Å². The van der Waals surface area contributed by atoms with Crippen LogP contribution in [0.5, 0.6) is 0 Å². The number of hydrogen-bond acceptors (Lipinski definition) is 4. The van der Waals surface area contributed by atoms with E-state index in [1.807, 2.05) is 0 Å². The number of hydrogen-bond donors (Lipinski definition) is 0. The molecule has 15 heteroatoms. The lowest BCUT2D eigenvalue weighted by molar-refractivity contribution is -0.428. The van der Waals surface area contributed by atoms with Crippen LogP contribution < -0.4 is 0 Å². The van der Waals surface area contributed by atoms with Gasteiger partial charge in [-0.15, -0.1) is 0 Å². The topological polar surface area (TPSA) is 52.6 Å². The van der Waals surface area contributed by atoms with Crippen molar-refractivity contribution in [1.82, 2.24) is 0 Å². The average Bonchev–Trinajstić information content (AvgIpc) is 2.75. The largest absolute Gasteiger partial charge is 0.461 e. The summed E-state index contributed by atoms with van der Waals surface area (Å²) in [7, 11) is 0. The molecule has 0 spiro atoms. The molecule has 212 valence electrons. The van der Waals surface area contributed by atoms with E-state index in [1.54, 1.807) is 0 Å². The van der Waals surface area contributed by atoms with Crippen molar-refractivity contribution < 1.29 is 67.4 Å². The van der Waals surface area contributed by atoms with Gasteiger partial charge in [-0.3, -0.25) is 9.59 Å². The summed E-state index contributed by atoms with van der Waals surface area (Å²) in [5.41, 5.74) is -8.87. The summed E-state index contributed by atoms with van der Waals surface area (Å²) in [6.07, 6.45) is -18.0. The van der Waals surface area contributed by atoms with Crippen molar-refractivity contribution in [1.29, 1.82) is 0 Å². The second-order valence-electron chi connectivity index (χ2n) is 9.37. The molecule has 0 aromatic carbocycles. The number of carbonyl (C=O) groups excluding carboxylic acids is 2. The molecule has 0 heterocycles. The molecular formula is C21H27F11O4. The van der Waals surface area contributed by atoms with E-state index in [0.717, 1.165) is 0 Å². The van der Waals surface area contributed by atoms with E-state index < -0.39 is 72.3 Å². The van der Waals surface area contributed by atoms with Crippen LogP contribution in [0.15, 0.2) is 0 Å². The first-order chi connectivity index (χ1) is 16.0. The van der Waals surface area contributed by atoms with Gasteiger partial charge in [-0.05, 0) is 33.1 Å². The zero-order valence-corrected chi connectivity index (χ0v) is 19.6. The van der Waals surface area contributed by atoms with Gasteiger partial charge in [0.1, 0.15) is 12.7 Å². The van der Waals surface area contributed by atoms with E-state index in [2.05, 4.69) is 4.74 Å². The molecule has 1 unspecified atom stereocenters. The molecule has 1 aliphatic rings. The summed E-state index contributed by atoms with van der Waals surface area (Å²) < 4.78 is 157. The summed E-state index contributed by atoms with van der Waals surface area (Å²) in [5.74, 6) is -17.0. The first-order valence-electron chi connectivity index (χ1n) is 11.0. The van der Waals surface area contributed by atoms with Crippen LogP contribution in [0.2, 0.25) is 0 Å². The predicted molar refractivity (Wildman–Crippen MR) is 102 cm³/mol. The van der Waals surface area contributed by atoms with Gasteiger partial charge in [-0.25, -0.2) is 4.39 Å². The lowest BCUT2D eigenvalue weighted by atomic mass is 9.87. The predicted octanol–water partition coefficient (Wildman–Crippen LogP) is 6.95. The molecule has 0 saturated heterocycles. The summed E-state index contributed by atoms with van der Waals surface area (Å²) in [6, 6.07) is 0. The van der Waals surface area contributed by atoms with Gasteiger partial charge in [-0.2, -0.15) is 43.9 Å². The van der Waals surface area contributed by atoms with Crippen molar-refractivity contribution in [3.8, 4) is 0 Å². The maximum Gasteiger partial charge on any atom is 0.438 e. The first-order valence-corrected chi connectivity index (χ1v) is 11.0. The summed E-state index contributed by atoms with van der Waals surface area (Å²) in [5, 5.41) is 0. The van der Waals surface area contributed by atoms with Crippen LogP contribution in [-0.4, -0.2) is 54.5 Å². The normalized spacial score (nSPS) is 18.1. The van der Waals surface area contributed by atoms with E-state index in [1.165, 1.54) is 20.8 Å². The third kappa shape index (κ3) is 6.53. The van der Waals surface area contributed by atoms with E-state index in [0.29, 0.717) is 19.3 Å². The molecule has 4 nitrogen and oxygen atoms in total. The lowest BCUT2D eigenvalue weighted by Crippen LogP contribution is -2.70. The molecule has 0 N–H and O–H groups in total. The van der Waals surface area contributed by atoms with Gasteiger partial charge in [0.2, 0.25) is 0 Å². The number of rotatable bonds is 10. The fourth-order valence-electron chi connectivity index (χ4n) is 3.42. The lowest BCUT2D eigenvalue weighted by Gasteiger charge is -2.40. The SMILES string of the molecule is CCC(C)(C)C(=O)OCC(CC(F)(F)C(F)(F)C(F)(C(F)(F)F)C(F)(F)F)OC(=O)C1CCCCC1. The minimum atomic E-state index is -7.63. The molecule has 36 heavy (non-hydrogen) atoms.